The van der Waals surface area contributed by atoms with Crippen LogP contribution in [-0.2, 0) is 38.1 Å². The summed E-state index contributed by atoms with van der Waals surface area (Å²) in [7, 11) is 1.37. The molecule has 53 heavy (non-hydrogen) atoms. The predicted molar refractivity (Wildman–Crippen MR) is 191 cm³/mol. The zero-order valence-corrected chi connectivity index (χ0v) is 30.5. The van der Waals surface area contributed by atoms with Gasteiger partial charge >= 0.3 is 24.3 Å². The van der Waals surface area contributed by atoms with Crippen LogP contribution < -0.4 is 11.1 Å². The number of hydrogen-bond donors (Lipinski definition) is 2. The summed E-state index contributed by atoms with van der Waals surface area (Å²) in [5.41, 5.74) is 5.76. The van der Waals surface area contributed by atoms with Crippen LogP contribution in [0, 0.1) is 0 Å². The van der Waals surface area contributed by atoms with E-state index in [0.29, 0.717) is 58.2 Å². The number of nitrogen functional groups attached to an aromatic ring is 1. The number of fused-ring (bicyclic) bond motifs is 1. The Morgan fingerprint density at radius 3 is 2.32 bits per heavy atom. The van der Waals surface area contributed by atoms with Crippen LogP contribution in [0.3, 0.4) is 0 Å². The van der Waals surface area contributed by atoms with Crippen molar-refractivity contribution in [2.24, 2.45) is 0 Å². The molecule has 12 nitrogen and oxygen atoms in total. The molecule has 3 fully saturated rings. The Kier molecular flexibility index (Phi) is 11.9. The van der Waals surface area contributed by atoms with E-state index in [1.54, 1.807) is 9.80 Å². The Morgan fingerprint density at radius 1 is 0.943 bits per heavy atom. The minimum atomic E-state index is -4.80. The minimum Gasteiger partial charge on any atom is -0.468 e. The van der Waals surface area contributed by atoms with Crippen LogP contribution in [0.1, 0.15) is 61.6 Å². The van der Waals surface area contributed by atoms with E-state index < -0.39 is 35.5 Å². The number of esters is 1. The van der Waals surface area contributed by atoms with Crippen molar-refractivity contribution < 1.29 is 41.8 Å². The molecule has 0 bridgehead atoms. The molecule has 0 aliphatic carbocycles. The number of methoxy groups -OCH3 is 1. The summed E-state index contributed by atoms with van der Waals surface area (Å²) in [6, 6.07) is 9.11. The van der Waals surface area contributed by atoms with Gasteiger partial charge in [-0.3, -0.25) is 14.5 Å². The van der Waals surface area contributed by atoms with E-state index in [4.69, 9.17) is 26.8 Å². The highest BCUT2D eigenvalue weighted by atomic mass is 35.5. The molecule has 2 aromatic rings. The zero-order valence-electron chi connectivity index (χ0n) is 29.7. The standard InChI is InChI=1S/C37H46ClF3N6O6/c1-52-34(49)30-8-4-5-14-46(30)25-10-15-44(16-11-25)33(48)31(22-23-20-27(37(39,40)41)32(42)28(38)21-23)53-36(51)45-17-12-26(13-18-45)47-19-9-24-6-2-3-7-29(24)43-35(47)50/h2-3,6-7,20-21,25-26,30-31H,4-5,8-19,22,42H2,1H3,(H,43,50)/t30-,31-/m1/s1. The van der Waals surface area contributed by atoms with E-state index >= 15 is 0 Å². The van der Waals surface area contributed by atoms with Gasteiger partial charge in [0, 0.05) is 56.9 Å². The number of piperidine rings is 3. The van der Waals surface area contributed by atoms with E-state index in [1.165, 1.54) is 18.1 Å². The number of benzene rings is 2. The van der Waals surface area contributed by atoms with Gasteiger partial charge < -0.3 is 35.2 Å². The predicted octanol–water partition coefficient (Wildman–Crippen LogP) is 5.56. The number of halogens is 4. The normalized spacial score (nSPS) is 21.3. The van der Waals surface area contributed by atoms with Crippen LogP contribution in [0.15, 0.2) is 36.4 Å². The lowest BCUT2D eigenvalue weighted by Crippen LogP contribution is -2.55. The molecule has 2 atom stereocenters. The highest BCUT2D eigenvalue weighted by Crippen LogP contribution is 2.38. The van der Waals surface area contributed by atoms with E-state index in [1.807, 2.05) is 24.3 Å². The number of nitrogens with one attached hydrogen (secondary N) is 1. The molecule has 4 aliphatic heterocycles. The topological polar surface area (TPSA) is 138 Å². The van der Waals surface area contributed by atoms with Gasteiger partial charge in [-0.05, 0) is 80.8 Å². The Balaban J connectivity index is 1.13. The van der Waals surface area contributed by atoms with Crippen LogP contribution in [0.4, 0.5) is 34.1 Å². The zero-order chi connectivity index (χ0) is 37.9. The van der Waals surface area contributed by atoms with Gasteiger partial charge in [0.15, 0.2) is 6.10 Å². The summed E-state index contributed by atoms with van der Waals surface area (Å²) in [5, 5.41) is 2.66. The van der Waals surface area contributed by atoms with E-state index in [2.05, 4.69) is 10.2 Å². The first kappa shape index (κ1) is 38.5. The molecule has 6 rings (SSSR count). The number of alkyl halides is 3. The number of para-hydroxylation sites is 1. The maximum Gasteiger partial charge on any atom is 0.418 e. The maximum atomic E-state index is 14.1. The number of hydrogen-bond acceptors (Lipinski definition) is 8. The van der Waals surface area contributed by atoms with Gasteiger partial charge in [-0.2, -0.15) is 13.2 Å². The molecular formula is C37H46ClF3N6O6. The number of likely N-dealkylation sites (tertiary alicyclic amines) is 3. The fourth-order valence-electron chi connectivity index (χ4n) is 8.12. The molecular weight excluding hydrogens is 717 g/mol. The van der Waals surface area contributed by atoms with Crippen LogP contribution in [0.25, 0.3) is 0 Å². The molecule has 4 aliphatic rings. The van der Waals surface area contributed by atoms with Crippen LogP contribution in [-0.4, -0.2) is 114 Å². The summed E-state index contributed by atoms with van der Waals surface area (Å²) in [6.07, 6.45) is -2.00. The van der Waals surface area contributed by atoms with Gasteiger partial charge in [-0.25, -0.2) is 9.59 Å². The van der Waals surface area contributed by atoms with E-state index in [-0.39, 0.29) is 60.2 Å². The number of amides is 4. The van der Waals surface area contributed by atoms with E-state index in [9.17, 15) is 32.3 Å². The second-order valence-corrected chi connectivity index (χ2v) is 14.6. The first-order valence-corrected chi connectivity index (χ1v) is 18.6. The Bertz CT molecular complexity index is 1680. The smallest absolute Gasteiger partial charge is 0.418 e. The summed E-state index contributed by atoms with van der Waals surface area (Å²) >= 11 is 6.12. The molecule has 4 amide bonds. The number of rotatable bonds is 7. The third-order valence-electron chi connectivity index (χ3n) is 11.0. The summed E-state index contributed by atoms with van der Waals surface area (Å²) in [5.74, 6) is -0.808. The van der Waals surface area contributed by atoms with Crippen molar-refractivity contribution in [2.45, 2.75) is 88.2 Å². The fourth-order valence-corrected chi connectivity index (χ4v) is 8.36. The number of ether oxygens (including phenoxy) is 2. The van der Waals surface area contributed by atoms with Crippen molar-refractivity contribution >= 4 is 47.0 Å². The number of urea groups is 1. The Labute approximate surface area is 311 Å². The second-order valence-electron chi connectivity index (χ2n) is 14.2. The van der Waals surface area contributed by atoms with Crippen molar-refractivity contribution in [1.29, 1.82) is 0 Å². The van der Waals surface area contributed by atoms with Gasteiger partial charge in [0.2, 0.25) is 0 Å². The summed E-state index contributed by atoms with van der Waals surface area (Å²) in [6.45, 7) is 2.41. The number of nitrogens with two attached hydrogens (primary N) is 1. The second kappa shape index (κ2) is 16.4. The lowest BCUT2D eigenvalue weighted by Gasteiger charge is -2.44. The highest BCUT2D eigenvalue weighted by molar-refractivity contribution is 6.33. The molecule has 4 heterocycles. The maximum absolute atomic E-state index is 14.1. The average molecular weight is 763 g/mol. The number of nitrogens with zero attached hydrogens (tertiary/aromatic N) is 4. The molecule has 0 radical (unpaired) electrons. The van der Waals surface area contributed by atoms with Crippen molar-refractivity contribution in [3.8, 4) is 0 Å². The van der Waals surface area contributed by atoms with E-state index in [0.717, 1.165) is 36.7 Å². The molecule has 3 N–H and O–H groups in total. The molecule has 0 unspecified atom stereocenters. The van der Waals surface area contributed by atoms with Gasteiger partial charge in [-0.1, -0.05) is 36.2 Å². The molecule has 0 aromatic heterocycles. The van der Waals surface area contributed by atoms with Gasteiger partial charge in [-0.15, -0.1) is 0 Å². The average Bonchev–Trinajstić information content (AvgIpc) is 3.32. The highest BCUT2D eigenvalue weighted by Gasteiger charge is 2.40. The number of anilines is 2. The minimum absolute atomic E-state index is 0.0384. The van der Waals surface area contributed by atoms with Gasteiger partial charge in [0.25, 0.3) is 5.91 Å². The lowest BCUT2D eigenvalue weighted by atomic mass is 9.94. The number of carbonyl (C=O) groups is 4. The van der Waals surface area contributed by atoms with Gasteiger partial charge in [0.1, 0.15) is 6.04 Å². The van der Waals surface area contributed by atoms with Crippen LogP contribution in [0.2, 0.25) is 5.02 Å². The molecule has 0 saturated carbocycles. The first-order valence-electron chi connectivity index (χ1n) is 18.2. The molecule has 3 saturated heterocycles. The summed E-state index contributed by atoms with van der Waals surface area (Å²) in [4.78, 5) is 60.3. The van der Waals surface area contributed by atoms with Crippen molar-refractivity contribution in [3.63, 3.8) is 0 Å². The quantitative estimate of drug-likeness (QED) is 0.277. The van der Waals surface area contributed by atoms with Gasteiger partial charge in [0.05, 0.1) is 23.4 Å². The SMILES string of the molecule is COC(=O)[C@H]1CCCCN1C1CCN(C(=O)[C@@H](Cc2cc(Cl)c(N)c(C(F)(F)F)c2)OC(=O)N2CCC(N3CCc4ccccc4NC3=O)CC2)CC1. The van der Waals surface area contributed by atoms with Crippen molar-refractivity contribution in [1.82, 2.24) is 19.6 Å². The van der Waals surface area contributed by atoms with Crippen molar-refractivity contribution in [3.05, 3.63) is 58.1 Å². The van der Waals surface area contributed by atoms with Crippen LogP contribution >= 0.6 is 11.6 Å². The Hall–Kier alpha value is -4.24. The molecule has 288 valence electrons. The lowest BCUT2D eigenvalue weighted by molar-refractivity contribution is -0.151. The summed E-state index contributed by atoms with van der Waals surface area (Å²) < 4.78 is 52.5. The monoisotopic (exact) mass is 762 g/mol. The molecule has 16 heteroatoms. The number of carbonyl (C=O) groups excluding carboxylic acids is 4. The largest absolute Gasteiger partial charge is 0.468 e. The third-order valence-corrected chi connectivity index (χ3v) is 11.3. The fraction of sp³-hybridized carbons (Fsp3) is 0.568. The molecule has 0 spiro atoms. The van der Waals surface area contributed by atoms with Crippen LogP contribution in [0.5, 0.6) is 0 Å². The molecule has 2 aromatic carbocycles. The Morgan fingerprint density at radius 2 is 1.62 bits per heavy atom. The third kappa shape index (κ3) is 8.77. The van der Waals surface area contributed by atoms with Crippen molar-refractivity contribution in [2.75, 3.05) is 57.4 Å². The first-order chi connectivity index (χ1) is 25.3.